The molecular weight excluding hydrogens is 352 g/mol. The van der Waals surface area contributed by atoms with Crippen molar-refractivity contribution in [3.05, 3.63) is 66.9 Å². The number of carbonyl (C=O) groups is 1. The number of rotatable bonds is 5. The quantitative estimate of drug-likeness (QED) is 0.581. The van der Waals surface area contributed by atoms with Gasteiger partial charge in [0.2, 0.25) is 0 Å². The van der Waals surface area contributed by atoms with Crippen LogP contribution in [0.15, 0.2) is 61.2 Å². The Morgan fingerprint density at radius 3 is 2.61 bits per heavy atom. The van der Waals surface area contributed by atoms with E-state index in [1.807, 2.05) is 58.6 Å². The Morgan fingerprint density at radius 1 is 1.07 bits per heavy atom. The Balaban J connectivity index is 1.83. The third kappa shape index (κ3) is 3.15. The molecule has 0 aliphatic rings. The van der Waals surface area contributed by atoms with Gasteiger partial charge in [-0.2, -0.15) is 5.10 Å². The molecule has 0 saturated carbocycles. The Bertz CT molecular complexity index is 1110. The first-order chi connectivity index (χ1) is 13.6. The molecule has 0 bridgehead atoms. The molecule has 3 heterocycles. The van der Waals surface area contributed by atoms with Crippen molar-refractivity contribution in [2.45, 2.75) is 26.8 Å². The summed E-state index contributed by atoms with van der Waals surface area (Å²) in [4.78, 5) is 21.7. The second-order valence-electron chi connectivity index (χ2n) is 7.09. The van der Waals surface area contributed by atoms with Crippen molar-refractivity contribution in [3.8, 4) is 17.2 Å². The van der Waals surface area contributed by atoms with Crippen molar-refractivity contribution in [1.82, 2.24) is 29.5 Å². The number of aromatic nitrogens is 5. The Kier molecular flexibility index (Phi) is 4.65. The van der Waals surface area contributed by atoms with E-state index in [2.05, 4.69) is 34.2 Å². The zero-order valence-electron chi connectivity index (χ0n) is 16.1. The van der Waals surface area contributed by atoms with E-state index in [1.54, 1.807) is 18.6 Å². The Hall–Kier alpha value is -3.48. The van der Waals surface area contributed by atoms with Crippen LogP contribution in [0.25, 0.3) is 22.7 Å². The molecule has 0 radical (unpaired) electrons. The van der Waals surface area contributed by atoms with E-state index in [4.69, 9.17) is 0 Å². The first kappa shape index (κ1) is 17.9. The van der Waals surface area contributed by atoms with Gasteiger partial charge in [0.1, 0.15) is 5.69 Å². The molecule has 4 rings (SSSR count). The highest BCUT2D eigenvalue weighted by molar-refractivity contribution is 6.00. The number of imidazole rings is 1. The fourth-order valence-corrected chi connectivity index (χ4v) is 2.98. The second kappa shape index (κ2) is 7.26. The van der Waals surface area contributed by atoms with Gasteiger partial charge < -0.3 is 5.32 Å². The van der Waals surface area contributed by atoms with E-state index in [9.17, 15) is 4.79 Å². The normalized spacial score (nSPS) is 12.4. The number of para-hydroxylation sites is 1. The minimum Gasteiger partial charge on any atom is -0.348 e. The van der Waals surface area contributed by atoms with Crippen LogP contribution in [0.4, 0.5) is 0 Å². The summed E-state index contributed by atoms with van der Waals surface area (Å²) in [5, 5.41) is 7.47. The number of fused-ring (bicyclic) bond motifs is 1. The Morgan fingerprint density at radius 2 is 1.86 bits per heavy atom. The summed E-state index contributed by atoms with van der Waals surface area (Å²) < 4.78 is 3.69. The van der Waals surface area contributed by atoms with Crippen LogP contribution >= 0.6 is 0 Å². The number of hydrogen-bond donors (Lipinski definition) is 1. The Labute approximate surface area is 163 Å². The van der Waals surface area contributed by atoms with E-state index in [0.29, 0.717) is 23.0 Å². The average Bonchev–Trinajstić information content (AvgIpc) is 3.33. The van der Waals surface area contributed by atoms with Crippen molar-refractivity contribution in [2.75, 3.05) is 0 Å². The summed E-state index contributed by atoms with van der Waals surface area (Å²) in [6, 6.07) is 11.8. The van der Waals surface area contributed by atoms with Crippen molar-refractivity contribution in [3.63, 3.8) is 0 Å². The van der Waals surface area contributed by atoms with Crippen LogP contribution in [0.5, 0.6) is 0 Å². The first-order valence-electron chi connectivity index (χ1n) is 9.29. The zero-order chi connectivity index (χ0) is 19.7. The van der Waals surface area contributed by atoms with Crippen LogP contribution in [0.1, 0.15) is 31.3 Å². The maximum absolute atomic E-state index is 12.9. The van der Waals surface area contributed by atoms with Gasteiger partial charge in [0.25, 0.3) is 5.91 Å². The van der Waals surface area contributed by atoms with Gasteiger partial charge in [0, 0.05) is 18.4 Å². The summed E-state index contributed by atoms with van der Waals surface area (Å²) in [6.45, 7) is 6.13. The summed E-state index contributed by atoms with van der Waals surface area (Å²) in [5.41, 5.74) is 2.74. The van der Waals surface area contributed by atoms with Gasteiger partial charge in [0.15, 0.2) is 11.5 Å². The van der Waals surface area contributed by atoms with E-state index < -0.39 is 0 Å². The van der Waals surface area contributed by atoms with Gasteiger partial charge in [-0.25, -0.2) is 9.67 Å². The monoisotopic (exact) mass is 374 g/mol. The van der Waals surface area contributed by atoms with E-state index >= 15 is 0 Å². The second-order valence-corrected chi connectivity index (χ2v) is 7.09. The predicted molar refractivity (Wildman–Crippen MR) is 107 cm³/mol. The number of hydrogen-bond acceptors (Lipinski definition) is 4. The highest BCUT2D eigenvalue weighted by Crippen LogP contribution is 2.24. The molecular formula is C21H22N6O. The fourth-order valence-electron chi connectivity index (χ4n) is 2.98. The van der Waals surface area contributed by atoms with Crippen LogP contribution in [0.3, 0.4) is 0 Å². The van der Waals surface area contributed by atoms with E-state index in [-0.39, 0.29) is 11.9 Å². The lowest BCUT2D eigenvalue weighted by Crippen LogP contribution is -2.36. The lowest BCUT2D eigenvalue weighted by molar-refractivity contribution is 0.0927. The molecule has 3 aromatic heterocycles. The lowest BCUT2D eigenvalue weighted by Gasteiger charge is -2.16. The largest absolute Gasteiger partial charge is 0.348 e. The molecule has 0 spiro atoms. The molecule has 28 heavy (non-hydrogen) atoms. The summed E-state index contributed by atoms with van der Waals surface area (Å²) in [5.74, 6) is 0.764. The standard InChI is InChI=1S/C21H22N6O/c1-14(2)15(3)24-21(28)19-18-13-22-11-12-26(18)20(25-19)17-9-10-23-27(17)16-7-5-4-6-8-16/h4-15H,1-3H3,(H,24,28). The molecule has 1 atom stereocenters. The number of amides is 1. The maximum atomic E-state index is 12.9. The minimum absolute atomic E-state index is 0.0409. The minimum atomic E-state index is -0.205. The van der Waals surface area contributed by atoms with Crippen molar-refractivity contribution in [1.29, 1.82) is 0 Å². The highest BCUT2D eigenvalue weighted by Gasteiger charge is 2.22. The van der Waals surface area contributed by atoms with Gasteiger partial charge in [-0.05, 0) is 31.0 Å². The van der Waals surface area contributed by atoms with Gasteiger partial charge in [0.05, 0.1) is 23.6 Å². The molecule has 1 aromatic carbocycles. The van der Waals surface area contributed by atoms with Gasteiger partial charge >= 0.3 is 0 Å². The molecule has 1 amide bonds. The topological polar surface area (TPSA) is 77.1 Å². The molecule has 1 N–H and O–H groups in total. The van der Waals surface area contributed by atoms with Crippen molar-refractivity contribution >= 4 is 11.4 Å². The smallest absolute Gasteiger partial charge is 0.272 e. The molecule has 0 fully saturated rings. The fraction of sp³-hybridized carbons (Fsp3) is 0.238. The highest BCUT2D eigenvalue weighted by atomic mass is 16.2. The summed E-state index contributed by atoms with van der Waals surface area (Å²) >= 11 is 0. The number of nitrogens with one attached hydrogen (secondary N) is 1. The van der Waals surface area contributed by atoms with Crippen LogP contribution in [-0.2, 0) is 0 Å². The maximum Gasteiger partial charge on any atom is 0.272 e. The number of nitrogens with zero attached hydrogens (tertiary/aromatic N) is 5. The SMILES string of the molecule is CC(C)C(C)NC(=O)c1nc(-c2ccnn2-c2ccccc2)n2ccncc12. The summed E-state index contributed by atoms with van der Waals surface area (Å²) in [7, 11) is 0. The first-order valence-corrected chi connectivity index (χ1v) is 9.29. The molecule has 0 aliphatic heterocycles. The van der Waals surface area contributed by atoms with Gasteiger partial charge in [-0.15, -0.1) is 0 Å². The molecule has 1 unspecified atom stereocenters. The van der Waals surface area contributed by atoms with Crippen molar-refractivity contribution < 1.29 is 4.79 Å². The van der Waals surface area contributed by atoms with E-state index in [0.717, 1.165) is 11.4 Å². The average molecular weight is 374 g/mol. The van der Waals surface area contributed by atoms with Crippen LogP contribution in [0, 0.1) is 5.92 Å². The van der Waals surface area contributed by atoms with Crippen LogP contribution < -0.4 is 5.32 Å². The molecule has 0 saturated heterocycles. The van der Waals surface area contributed by atoms with E-state index in [1.165, 1.54) is 0 Å². The molecule has 142 valence electrons. The van der Waals surface area contributed by atoms with Gasteiger partial charge in [-0.3, -0.25) is 14.2 Å². The van der Waals surface area contributed by atoms with Gasteiger partial charge in [-0.1, -0.05) is 32.0 Å². The number of carbonyl (C=O) groups excluding carboxylic acids is 1. The predicted octanol–water partition coefficient (Wildman–Crippen LogP) is 3.36. The molecule has 7 nitrogen and oxygen atoms in total. The summed E-state index contributed by atoms with van der Waals surface area (Å²) in [6.07, 6.45) is 6.88. The third-order valence-electron chi connectivity index (χ3n) is 4.89. The van der Waals surface area contributed by atoms with Crippen molar-refractivity contribution in [2.24, 2.45) is 5.92 Å². The molecule has 7 heteroatoms. The van der Waals surface area contributed by atoms with Crippen LogP contribution in [-0.4, -0.2) is 36.1 Å². The lowest BCUT2D eigenvalue weighted by atomic mass is 10.1. The number of benzene rings is 1. The third-order valence-corrected chi connectivity index (χ3v) is 4.89. The van der Waals surface area contributed by atoms with Crippen LogP contribution in [0.2, 0.25) is 0 Å². The molecule has 4 aromatic rings. The zero-order valence-corrected chi connectivity index (χ0v) is 16.1. The molecule has 0 aliphatic carbocycles.